The third-order valence-electron chi connectivity index (χ3n) is 1.67. The number of aliphatic hydroxyl groups is 1. The van der Waals surface area contributed by atoms with E-state index < -0.39 is 6.04 Å². The Bertz CT molecular complexity index is 331. The molecule has 0 saturated heterocycles. The van der Waals surface area contributed by atoms with Gasteiger partial charge in [-0.2, -0.15) is 5.11 Å². The summed E-state index contributed by atoms with van der Waals surface area (Å²) in [5.41, 5.74) is 0.903. The zero-order valence-electron chi connectivity index (χ0n) is 6.25. The number of nitrogens with zero attached hydrogens (tertiary/aromatic N) is 3. The van der Waals surface area contributed by atoms with E-state index in [1.807, 2.05) is 30.3 Å². The Morgan fingerprint density at radius 2 is 1.92 bits per heavy atom. The van der Waals surface area contributed by atoms with Gasteiger partial charge in [0.05, 0.1) is 0 Å². The van der Waals surface area contributed by atoms with Crippen molar-refractivity contribution < 1.29 is 5.11 Å². The summed E-state index contributed by atoms with van der Waals surface area (Å²) in [4.78, 5) is 0. The smallest absolute Gasteiger partial charge is 0.239 e. The lowest BCUT2D eigenvalue weighted by atomic mass is 10.1. The number of aliphatic hydroxyl groups excluding tert-OH is 1. The molecule has 1 N–H and O–H groups in total. The lowest BCUT2D eigenvalue weighted by Crippen LogP contribution is -2.05. The van der Waals surface area contributed by atoms with Crippen LogP contribution in [-0.4, -0.2) is 11.0 Å². The van der Waals surface area contributed by atoms with E-state index in [9.17, 15) is 5.11 Å². The van der Waals surface area contributed by atoms with Gasteiger partial charge in [-0.05, 0) is 10.8 Å². The molecule has 1 aromatic carbocycles. The molecule has 0 aromatic heterocycles. The molecule has 1 atom stereocenters. The highest BCUT2D eigenvalue weighted by Gasteiger charge is 2.20. The van der Waals surface area contributed by atoms with Gasteiger partial charge in [0.2, 0.25) is 5.90 Å². The van der Waals surface area contributed by atoms with Crippen LogP contribution in [0.1, 0.15) is 11.6 Å². The van der Waals surface area contributed by atoms with Gasteiger partial charge in [0, 0.05) is 0 Å². The number of hydrogen-bond donors (Lipinski definition) is 1. The van der Waals surface area contributed by atoms with Crippen LogP contribution in [0.5, 0.6) is 0 Å². The summed E-state index contributed by atoms with van der Waals surface area (Å²) >= 11 is 0. The minimum absolute atomic E-state index is 0.0406. The van der Waals surface area contributed by atoms with Crippen molar-refractivity contribution >= 4 is 5.90 Å². The summed E-state index contributed by atoms with van der Waals surface area (Å²) in [6, 6.07) is 9.03. The van der Waals surface area contributed by atoms with E-state index >= 15 is 0 Å². The van der Waals surface area contributed by atoms with Crippen LogP contribution in [0.15, 0.2) is 45.8 Å². The van der Waals surface area contributed by atoms with Gasteiger partial charge in [0.1, 0.15) is 0 Å². The average molecular weight is 161 g/mol. The molecule has 0 spiro atoms. The van der Waals surface area contributed by atoms with Gasteiger partial charge >= 0.3 is 0 Å². The first-order valence-electron chi connectivity index (χ1n) is 3.59. The van der Waals surface area contributed by atoms with Gasteiger partial charge < -0.3 is 5.11 Å². The summed E-state index contributed by atoms with van der Waals surface area (Å²) in [7, 11) is 0. The maximum atomic E-state index is 9.20. The molecule has 4 nitrogen and oxygen atoms in total. The molecule has 0 saturated carbocycles. The zero-order valence-corrected chi connectivity index (χ0v) is 6.25. The Hall–Kier alpha value is -1.71. The molecule has 12 heavy (non-hydrogen) atoms. The highest BCUT2D eigenvalue weighted by Crippen LogP contribution is 2.22. The Balaban J connectivity index is 2.33. The monoisotopic (exact) mass is 161 g/mol. The summed E-state index contributed by atoms with van der Waals surface area (Å²) < 4.78 is 0. The first kappa shape index (κ1) is 6.97. The fraction of sp³-hybridized carbons (Fsp3) is 0.125. The van der Waals surface area contributed by atoms with Crippen molar-refractivity contribution in [1.29, 1.82) is 0 Å². The van der Waals surface area contributed by atoms with Crippen LogP contribution in [0.25, 0.3) is 0 Å². The minimum atomic E-state index is -0.397. The first-order chi connectivity index (χ1) is 5.88. The number of rotatable bonds is 1. The Kier molecular flexibility index (Phi) is 1.59. The molecule has 0 fully saturated rings. The normalized spacial score (nSPS) is 21.0. The van der Waals surface area contributed by atoms with Crippen LogP contribution in [0.3, 0.4) is 0 Å². The van der Waals surface area contributed by atoms with Crippen molar-refractivity contribution in [3.63, 3.8) is 0 Å². The summed E-state index contributed by atoms with van der Waals surface area (Å²) in [5.74, 6) is -0.0406. The van der Waals surface area contributed by atoms with Gasteiger partial charge in [-0.3, -0.25) is 0 Å². The molecule has 2 rings (SSSR count). The van der Waals surface area contributed by atoms with Gasteiger partial charge in [0.25, 0.3) is 0 Å². The van der Waals surface area contributed by atoms with Gasteiger partial charge in [-0.1, -0.05) is 35.4 Å². The molecular weight excluding hydrogens is 154 g/mol. The Morgan fingerprint density at radius 3 is 2.50 bits per heavy atom. The topological polar surface area (TPSA) is 57.3 Å². The number of hydrogen-bond acceptors (Lipinski definition) is 3. The fourth-order valence-corrected chi connectivity index (χ4v) is 1.08. The molecule has 0 bridgehead atoms. The second kappa shape index (κ2) is 2.73. The van der Waals surface area contributed by atoms with Crippen LogP contribution >= 0.6 is 0 Å². The van der Waals surface area contributed by atoms with E-state index in [-0.39, 0.29) is 5.90 Å². The molecule has 1 unspecified atom stereocenters. The zero-order chi connectivity index (χ0) is 8.39. The molecule has 0 radical (unpaired) electrons. The molecule has 0 aliphatic carbocycles. The SMILES string of the molecule is OC1=NN=NC1c1ccccc1. The molecule has 1 aromatic rings. The van der Waals surface area contributed by atoms with Crippen molar-refractivity contribution in [2.45, 2.75) is 6.04 Å². The fourth-order valence-electron chi connectivity index (χ4n) is 1.08. The maximum Gasteiger partial charge on any atom is 0.239 e. The Morgan fingerprint density at radius 1 is 1.17 bits per heavy atom. The first-order valence-corrected chi connectivity index (χ1v) is 3.59. The number of benzene rings is 1. The lowest BCUT2D eigenvalue weighted by Gasteiger charge is -2.02. The van der Waals surface area contributed by atoms with Crippen molar-refractivity contribution in [1.82, 2.24) is 0 Å². The van der Waals surface area contributed by atoms with E-state index in [4.69, 9.17) is 0 Å². The van der Waals surface area contributed by atoms with Crippen LogP contribution < -0.4 is 0 Å². The van der Waals surface area contributed by atoms with Crippen molar-refractivity contribution in [2.75, 3.05) is 0 Å². The minimum Gasteiger partial charge on any atom is -0.493 e. The van der Waals surface area contributed by atoms with Crippen molar-refractivity contribution in [3.05, 3.63) is 35.9 Å². The van der Waals surface area contributed by atoms with Crippen LogP contribution in [-0.2, 0) is 0 Å². The van der Waals surface area contributed by atoms with E-state index in [1.165, 1.54) is 0 Å². The van der Waals surface area contributed by atoms with Crippen LogP contribution in [0.2, 0.25) is 0 Å². The lowest BCUT2D eigenvalue weighted by molar-refractivity contribution is 0.524. The van der Waals surface area contributed by atoms with Gasteiger partial charge in [-0.25, -0.2) is 0 Å². The third-order valence-corrected chi connectivity index (χ3v) is 1.67. The highest BCUT2D eigenvalue weighted by molar-refractivity contribution is 5.82. The largest absolute Gasteiger partial charge is 0.493 e. The molecule has 1 aliphatic rings. The molecule has 4 heteroatoms. The summed E-state index contributed by atoms with van der Waals surface area (Å²) in [6.45, 7) is 0. The average Bonchev–Trinajstić information content (AvgIpc) is 2.53. The van der Waals surface area contributed by atoms with Gasteiger partial charge in [0.15, 0.2) is 6.04 Å². The van der Waals surface area contributed by atoms with Crippen LogP contribution in [0, 0.1) is 0 Å². The summed E-state index contributed by atoms with van der Waals surface area (Å²) in [5, 5.41) is 19.8. The molecule has 1 aliphatic heterocycles. The molecule has 60 valence electrons. The summed E-state index contributed by atoms with van der Waals surface area (Å²) in [6.07, 6.45) is 0. The molecular formula is C8H7N3O. The van der Waals surface area contributed by atoms with Gasteiger partial charge in [-0.15, -0.1) is 0 Å². The van der Waals surface area contributed by atoms with Crippen LogP contribution in [0.4, 0.5) is 0 Å². The van der Waals surface area contributed by atoms with E-state index in [0.717, 1.165) is 5.56 Å². The van der Waals surface area contributed by atoms with E-state index in [2.05, 4.69) is 15.4 Å². The van der Waals surface area contributed by atoms with E-state index in [0.29, 0.717) is 0 Å². The second-order valence-corrected chi connectivity index (χ2v) is 2.48. The molecule has 0 amide bonds. The van der Waals surface area contributed by atoms with E-state index in [1.54, 1.807) is 0 Å². The van der Waals surface area contributed by atoms with Crippen molar-refractivity contribution in [3.8, 4) is 0 Å². The highest BCUT2D eigenvalue weighted by atomic mass is 16.3. The molecule has 1 heterocycles. The second-order valence-electron chi connectivity index (χ2n) is 2.48. The standard InChI is InChI=1S/C8H7N3O/c12-8-7(9-11-10-8)6-4-2-1-3-5-6/h1-5,7H,(H,9,10,12). The van der Waals surface area contributed by atoms with Crippen molar-refractivity contribution in [2.24, 2.45) is 15.4 Å². The predicted molar refractivity (Wildman–Crippen MR) is 44.1 cm³/mol. The third kappa shape index (κ3) is 1.07. The predicted octanol–water partition coefficient (Wildman–Crippen LogP) is 2.07. The Labute approximate surface area is 69.3 Å². The quantitative estimate of drug-likeness (QED) is 0.673. The maximum absolute atomic E-state index is 9.20.